The summed E-state index contributed by atoms with van der Waals surface area (Å²) in [5.41, 5.74) is 0. The maximum atomic E-state index is 10.00. The molecule has 11 heavy (non-hydrogen) atoms. The zero-order valence-corrected chi connectivity index (χ0v) is 5.96. The highest BCUT2D eigenvalue weighted by Gasteiger charge is 2.15. The van der Waals surface area contributed by atoms with Crippen LogP contribution in [0, 0.1) is 0 Å². The molecule has 2 N–H and O–H groups in total. The Balaban J connectivity index is 4.82. The van der Waals surface area contributed by atoms with Crippen LogP contribution in [-0.2, 0) is 19.9 Å². The summed E-state index contributed by atoms with van der Waals surface area (Å²) in [5.74, 6) is -3.23. The predicted octanol–water partition coefficient (Wildman–Crippen LogP) is -1.40. The predicted molar refractivity (Wildman–Crippen MR) is 33.8 cm³/mol. The van der Waals surface area contributed by atoms with Gasteiger partial charge in [0.25, 0.3) is 0 Å². The van der Waals surface area contributed by atoms with E-state index >= 15 is 0 Å². The van der Waals surface area contributed by atoms with Crippen LogP contribution in [0.4, 0.5) is 0 Å². The molecule has 7 heteroatoms. The van der Waals surface area contributed by atoms with Gasteiger partial charge in [-0.05, 0) is 0 Å². The summed E-state index contributed by atoms with van der Waals surface area (Å²) in [6.07, 6.45) is -0.995. The van der Waals surface area contributed by atoms with Crippen LogP contribution in [0.5, 0.6) is 0 Å². The Hall–Kier alpha value is -1.37. The van der Waals surface area contributed by atoms with Crippen LogP contribution in [0.15, 0.2) is 0 Å². The molecular weight excluding hydrogens is 176 g/mol. The summed E-state index contributed by atoms with van der Waals surface area (Å²) < 4.78 is 20.0. The normalized spacial score (nSPS) is 8.73. The Bertz CT molecular complexity index is 301. The third kappa shape index (κ3) is 3.36. The van der Waals surface area contributed by atoms with Crippen LogP contribution in [0.1, 0.15) is 6.42 Å². The van der Waals surface area contributed by atoms with Crippen LogP contribution < -0.4 is 0 Å². The number of carbonyl (C=O) groups is 2. The Morgan fingerprint density at radius 1 is 1.18 bits per heavy atom. The van der Waals surface area contributed by atoms with Crippen molar-refractivity contribution in [2.24, 2.45) is 0 Å². The lowest BCUT2D eigenvalue weighted by Gasteiger charge is -1.88. The fraction of sp³-hybridized carbons (Fsp3) is 0.250. The SMILES string of the molecule is O=C(O)CC(C(=O)O)=S(=O)=O. The summed E-state index contributed by atoms with van der Waals surface area (Å²) in [7, 11) is -2.97. The molecule has 0 unspecified atom stereocenters. The third-order valence-corrected chi connectivity index (χ3v) is 1.47. The van der Waals surface area contributed by atoms with E-state index in [9.17, 15) is 18.0 Å². The molecule has 0 saturated carbocycles. The van der Waals surface area contributed by atoms with E-state index in [1.165, 1.54) is 0 Å². The standard InChI is InChI=1S/C4H4O6S/c5-3(6)1-2(4(7)8)11(9)10/h1H2,(H,5,6)(H,7,8). The molecule has 0 atom stereocenters. The largest absolute Gasteiger partial charge is 0.481 e. The maximum Gasteiger partial charge on any atom is 0.347 e. The van der Waals surface area contributed by atoms with Gasteiger partial charge in [-0.15, -0.1) is 0 Å². The number of carboxylic acid groups (broad SMARTS) is 2. The minimum Gasteiger partial charge on any atom is -0.481 e. The summed E-state index contributed by atoms with van der Waals surface area (Å²) in [4.78, 5) is 18.8. The maximum absolute atomic E-state index is 10.00. The van der Waals surface area contributed by atoms with Crippen molar-refractivity contribution in [3.63, 3.8) is 0 Å². The smallest absolute Gasteiger partial charge is 0.347 e. The van der Waals surface area contributed by atoms with Gasteiger partial charge in [-0.3, -0.25) is 4.79 Å². The first kappa shape index (κ1) is 9.63. The lowest BCUT2D eigenvalue weighted by Crippen LogP contribution is -2.18. The molecule has 0 bridgehead atoms. The second kappa shape index (κ2) is 3.71. The molecule has 0 aromatic rings. The Kier molecular flexibility index (Phi) is 3.25. The van der Waals surface area contributed by atoms with E-state index in [2.05, 4.69) is 0 Å². The van der Waals surface area contributed by atoms with Gasteiger partial charge >= 0.3 is 11.9 Å². The van der Waals surface area contributed by atoms with E-state index in [0.717, 1.165) is 0 Å². The van der Waals surface area contributed by atoms with Gasteiger partial charge in [-0.25, -0.2) is 4.79 Å². The quantitative estimate of drug-likeness (QED) is 0.517. The van der Waals surface area contributed by atoms with E-state index in [-0.39, 0.29) is 0 Å². The molecule has 0 aliphatic rings. The molecule has 62 valence electrons. The second-order valence-corrected chi connectivity index (χ2v) is 2.50. The van der Waals surface area contributed by atoms with Crippen molar-refractivity contribution in [3.8, 4) is 0 Å². The summed E-state index contributed by atoms with van der Waals surface area (Å²) in [5, 5.41) is 16.1. The minimum atomic E-state index is -2.97. The molecular formula is C4H4O6S. The van der Waals surface area contributed by atoms with Gasteiger partial charge in [0.1, 0.15) is 0 Å². The van der Waals surface area contributed by atoms with Gasteiger partial charge in [0, 0.05) is 0 Å². The molecule has 0 aliphatic heterocycles. The Labute approximate surface area is 62.6 Å². The third-order valence-electron chi connectivity index (χ3n) is 0.752. The van der Waals surface area contributed by atoms with E-state index < -0.39 is 33.5 Å². The van der Waals surface area contributed by atoms with Crippen LogP contribution in [0.3, 0.4) is 0 Å². The van der Waals surface area contributed by atoms with Gasteiger partial charge in [0.05, 0.1) is 6.42 Å². The molecule has 0 aromatic carbocycles. The van der Waals surface area contributed by atoms with Gasteiger partial charge in [-0.2, -0.15) is 8.42 Å². The van der Waals surface area contributed by atoms with Crippen LogP contribution in [-0.4, -0.2) is 35.4 Å². The highest BCUT2D eigenvalue weighted by molar-refractivity contribution is 7.74. The lowest BCUT2D eigenvalue weighted by molar-refractivity contribution is -0.137. The molecule has 0 aliphatic carbocycles. The first-order chi connectivity index (χ1) is 4.95. The zero-order valence-electron chi connectivity index (χ0n) is 5.14. The van der Waals surface area contributed by atoms with Crippen LogP contribution >= 0.6 is 0 Å². The van der Waals surface area contributed by atoms with Crippen molar-refractivity contribution >= 4 is 27.1 Å². The molecule has 0 aromatic heterocycles. The first-order valence-electron chi connectivity index (χ1n) is 2.35. The monoisotopic (exact) mass is 180 g/mol. The number of hydrogen-bond acceptors (Lipinski definition) is 4. The molecule has 0 fully saturated rings. The average Bonchev–Trinajstić information content (AvgIpc) is 1.81. The lowest BCUT2D eigenvalue weighted by atomic mass is 10.3. The van der Waals surface area contributed by atoms with Crippen molar-refractivity contribution in [1.82, 2.24) is 0 Å². The van der Waals surface area contributed by atoms with Crippen LogP contribution in [0.2, 0.25) is 0 Å². The number of aliphatic carboxylic acids is 2. The highest BCUT2D eigenvalue weighted by atomic mass is 32.2. The number of hydrogen-bond donors (Lipinski definition) is 2. The van der Waals surface area contributed by atoms with Gasteiger partial charge < -0.3 is 10.2 Å². The Morgan fingerprint density at radius 2 is 1.64 bits per heavy atom. The molecule has 0 rings (SSSR count). The molecule has 6 nitrogen and oxygen atoms in total. The minimum absolute atomic E-state index is 0.995. The van der Waals surface area contributed by atoms with Crippen molar-refractivity contribution in [2.45, 2.75) is 6.42 Å². The summed E-state index contributed by atoms with van der Waals surface area (Å²) >= 11 is 0. The van der Waals surface area contributed by atoms with Crippen molar-refractivity contribution in [2.75, 3.05) is 0 Å². The molecule has 0 saturated heterocycles. The van der Waals surface area contributed by atoms with Crippen molar-refractivity contribution in [1.29, 1.82) is 0 Å². The number of carboxylic acids is 2. The molecule has 0 heterocycles. The number of rotatable bonds is 3. The van der Waals surface area contributed by atoms with E-state index in [4.69, 9.17) is 10.2 Å². The topological polar surface area (TPSA) is 109 Å². The molecule has 0 amide bonds. The van der Waals surface area contributed by atoms with E-state index in [1.54, 1.807) is 0 Å². The molecule has 0 radical (unpaired) electrons. The Morgan fingerprint density at radius 3 is 1.73 bits per heavy atom. The highest BCUT2D eigenvalue weighted by Crippen LogP contribution is 1.84. The van der Waals surface area contributed by atoms with Crippen molar-refractivity contribution < 1.29 is 28.2 Å². The molecule has 0 spiro atoms. The summed E-state index contributed by atoms with van der Waals surface area (Å²) in [6.45, 7) is 0. The zero-order chi connectivity index (χ0) is 9.02. The fourth-order valence-corrected chi connectivity index (χ4v) is 0.727. The second-order valence-electron chi connectivity index (χ2n) is 1.53. The van der Waals surface area contributed by atoms with Crippen LogP contribution in [0.25, 0.3) is 0 Å². The van der Waals surface area contributed by atoms with E-state index in [1.807, 2.05) is 0 Å². The van der Waals surface area contributed by atoms with Gasteiger partial charge in [0.15, 0.2) is 4.86 Å². The van der Waals surface area contributed by atoms with Gasteiger partial charge in [-0.1, -0.05) is 0 Å². The van der Waals surface area contributed by atoms with Crippen molar-refractivity contribution in [3.05, 3.63) is 0 Å². The van der Waals surface area contributed by atoms with Gasteiger partial charge in [0.2, 0.25) is 10.3 Å². The van der Waals surface area contributed by atoms with E-state index in [0.29, 0.717) is 0 Å². The average molecular weight is 180 g/mol. The fourth-order valence-electron chi connectivity index (χ4n) is 0.343. The summed E-state index contributed by atoms with van der Waals surface area (Å²) in [6, 6.07) is 0. The first-order valence-corrected chi connectivity index (χ1v) is 3.42.